The number of aromatic nitrogens is 2. The molecule has 1 N–H and O–H groups in total. The molecule has 0 unspecified atom stereocenters. The summed E-state index contributed by atoms with van der Waals surface area (Å²) >= 11 is 0. The van der Waals surface area contributed by atoms with E-state index in [-0.39, 0.29) is 23.1 Å². The van der Waals surface area contributed by atoms with Crippen LogP contribution in [0.4, 0.5) is 5.82 Å². The third kappa shape index (κ3) is 4.11. The minimum Gasteiger partial charge on any atom is -0.497 e. The van der Waals surface area contributed by atoms with Crippen molar-refractivity contribution in [2.75, 3.05) is 25.1 Å². The molecule has 1 atom stereocenters. The number of anilines is 1. The molecule has 8 heteroatoms. The van der Waals surface area contributed by atoms with E-state index in [9.17, 15) is 14.4 Å². The first kappa shape index (κ1) is 19.7. The maximum atomic E-state index is 12.6. The summed E-state index contributed by atoms with van der Waals surface area (Å²) in [6.45, 7) is 1.64. The van der Waals surface area contributed by atoms with Gasteiger partial charge in [0.25, 0.3) is 5.56 Å². The lowest BCUT2D eigenvalue weighted by molar-refractivity contribution is -0.125. The number of amides is 1. The van der Waals surface area contributed by atoms with E-state index in [2.05, 4.69) is 5.32 Å². The summed E-state index contributed by atoms with van der Waals surface area (Å²) in [6.07, 6.45) is 1.60. The Kier molecular flexibility index (Phi) is 5.87. The highest BCUT2D eigenvalue weighted by molar-refractivity contribution is 5.79. The van der Waals surface area contributed by atoms with Crippen LogP contribution in [0, 0.1) is 5.92 Å². The quantitative estimate of drug-likeness (QED) is 0.815. The van der Waals surface area contributed by atoms with Gasteiger partial charge in [0.1, 0.15) is 11.6 Å². The van der Waals surface area contributed by atoms with Crippen molar-refractivity contribution in [3.63, 3.8) is 0 Å². The molecule has 28 heavy (non-hydrogen) atoms. The number of methoxy groups -OCH3 is 1. The van der Waals surface area contributed by atoms with E-state index in [0.717, 1.165) is 28.7 Å². The average molecular weight is 386 g/mol. The van der Waals surface area contributed by atoms with Crippen molar-refractivity contribution in [2.45, 2.75) is 19.4 Å². The van der Waals surface area contributed by atoms with Crippen LogP contribution < -0.4 is 26.2 Å². The summed E-state index contributed by atoms with van der Waals surface area (Å²) in [7, 11) is 4.72. The van der Waals surface area contributed by atoms with Gasteiger partial charge in [-0.3, -0.25) is 18.7 Å². The highest BCUT2D eigenvalue weighted by Crippen LogP contribution is 2.21. The molecule has 0 spiro atoms. The summed E-state index contributed by atoms with van der Waals surface area (Å²) in [4.78, 5) is 38.8. The fraction of sp³-hybridized carbons (Fsp3) is 0.450. The Balaban J connectivity index is 1.66. The van der Waals surface area contributed by atoms with Crippen LogP contribution in [0.15, 0.2) is 39.9 Å². The molecule has 1 fully saturated rings. The number of hydrogen-bond donors (Lipinski definition) is 1. The zero-order chi connectivity index (χ0) is 20.3. The van der Waals surface area contributed by atoms with E-state index in [1.807, 2.05) is 29.2 Å². The first-order valence-corrected chi connectivity index (χ1v) is 9.33. The first-order chi connectivity index (χ1) is 13.4. The normalized spacial score (nSPS) is 16.7. The predicted molar refractivity (Wildman–Crippen MR) is 107 cm³/mol. The van der Waals surface area contributed by atoms with Crippen molar-refractivity contribution >= 4 is 11.7 Å². The molecule has 0 saturated carbocycles. The molecule has 1 aromatic carbocycles. The van der Waals surface area contributed by atoms with Crippen LogP contribution in [0.25, 0.3) is 0 Å². The number of piperidine rings is 1. The van der Waals surface area contributed by atoms with E-state index in [1.54, 1.807) is 14.2 Å². The van der Waals surface area contributed by atoms with Gasteiger partial charge in [-0.2, -0.15) is 0 Å². The summed E-state index contributed by atoms with van der Waals surface area (Å²) in [5, 5.41) is 2.98. The van der Waals surface area contributed by atoms with Gasteiger partial charge in [-0.1, -0.05) is 12.1 Å². The van der Waals surface area contributed by atoms with E-state index in [1.165, 1.54) is 17.7 Å². The smallest absolute Gasteiger partial charge is 0.332 e. The monoisotopic (exact) mass is 386 g/mol. The zero-order valence-corrected chi connectivity index (χ0v) is 16.5. The number of carbonyl (C=O) groups excluding carboxylic acids is 1. The Hall–Kier alpha value is -3.03. The number of benzene rings is 1. The van der Waals surface area contributed by atoms with E-state index in [0.29, 0.717) is 25.5 Å². The van der Waals surface area contributed by atoms with Gasteiger partial charge in [0.2, 0.25) is 5.91 Å². The molecule has 150 valence electrons. The molecule has 0 radical (unpaired) electrons. The molecule has 2 aromatic rings. The van der Waals surface area contributed by atoms with Crippen LogP contribution in [-0.4, -0.2) is 35.2 Å². The number of nitrogens with one attached hydrogen (secondary N) is 1. The molecule has 1 saturated heterocycles. The standard InChI is InChI=1S/C20H26N4O4/c1-22-17(11-18(25)23(2)20(22)27)24-10-4-5-15(13-24)19(26)21-12-14-6-8-16(28-3)9-7-14/h6-9,11,15H,4-5,10,12-13H2,1-3H3,(H,21,26)/t15-/m1/s1. The van der Waals surface area contributed by atoms with Gasteiger partial charge in [-0.05, 0) is 30.5 Å². The molecular formula is C20H26N4O4. The van der Waals surface area contributed by atoms with Crippen molar-refractivity contribution in [1.82, 2.24) is 14.5 Å². The van der Waals surface area contributed by atoms with Gasteiger partial charge >= 0.3 is 5.69 Å². The van der Waals surface area contributed by atoms with E-state index >= 15 is 0 Å². The highest BCUT2D eigenvalue weighted by Gasteiger charge is 2.27. The summed E-state index contributed by atoms with van der Waals surface area (Å²) < 4.78 is 7.67. The van der Waals surface area contributed by atoms with E-state index < -0.39 is 0 Å². The first-order valence-electron chi connectivity index (χ1n) is 9.33. The highest BCUT2D eigenvalue weighted by atomic mass is 16.5. The van der Waals surface area contributed by atoms with Gasteiger partial charge in [0.15, 0.2) is 0 Å². The molecule has 1 aliphatic rings. The van der Waals surface area contributed by atoms with Gasteiger partial charge < -0.3 is 15.0 Å². The number of rotatable bonds is 5. The molecule has 2 heterocycles. The van der Waals surface area contributed by atoms with Crippen LogP contribution >= 0.6 is 0 Å². The predicted octanol–water partition coefficient (Wildman–Crippen LogP) is 0.625. The largest absolute Gasteiger partial charge is 0.497 e. The number of nitrogens with zero attached hydrogens (tertiary/aromatic N) is 3. The molecule has 0 aliphatic carbocycles. The number of ether oxygens (including phenoxy) is 1. The summed E-state index contributed by atoms with van der Waals surface area (Å²) in [5.74, 6) is 1.12. The average Bonchev–Trinajstić information content (AvgIpc) is 2.73. The molecule has 1 amide bonds. The van der Waals surface area contributed by atoms with Crippen molar-refractivity contribution < 1.29 is 9.53 Å². The lowest BCUT2D eigenvalue weighted by Crippen LogP contribution is -2.46. The van der Waals surface area contributed by atoms with Crippen molar-refractivity contribution in [3.8, 4) is 5.75 Å². The van der Waals surface area contributed by atoms with Gasteiger partial charge in [-0.25, -0.2) is 4.79 Å². The molecular weight excluding hydrogens is 360 g/mol. The molecule has 3 rings (SSSR count). The Bertz CT molecular complexity index is 962. The van der Waals surface area contributed by atoms with Crippen LogP contribution in [0.5, 0.6) is 5.75 Å². The second-order valence-electron chi connectivity index (χ2n) is 7.09. The second kappa shape index (κ2) is 8.33. The van der Waals surface area contributed by atoms with Gasteiger partial charge in [-0.15, -0.1) is 0 Å². The van der Waals surface area contributed by atoms with Crippen molar-refractivity contribution in [1.29, 1.82) is 0 Å². The SMILES string of the molecule is COc1ccc(CNC(=O)[C@@H]2CCCN(c3cc(=O)n(C)c(=O)n3C)C2)cc1. The molecule has 1 aromatic heterocycles. The maximum Gasteiger partial charge on any atom is 0.332 e. The lowest BCUT2D eigenvalue weighted by atomic mass is 9.97. The van der Waals surface area contributed by atoms with Gasteiger partial charge in [0.05, 0.1) is 13.0 Å². The third-order valence-corrected chi connectivity index (χ3v) is 5.24. The second-order valence-corrected chi connectivity index (χ2v) is 7.09. The Morgan fingerprint density at radius 2 is 1.89 bits per heavy atom. The van der Waals surface area contributed by atoms with Crippen LogP contribution in [0.3, 0.4) is 0 Å². The summed E-state index contributed by atoms with van der Waals surface area (Å²) in [6, 6.07) is 9.02. The molecule has 1 aliphatic heterocycles. The Labute approximate surface area is 163 Å². The fourth-order valence-corrected chi connectivity index (χ4v) is 3.50. The minimum atomic E-state index is -0.367. The maximum absolute atomic E-state index is 12.6. The van der Waals surface area contributed by atoms with Crippen LogP contribution in [0.2, 0.25) is 0 Å². The van der Waals surface area contributed by atoms with Crippen LogP contribution in [-0.2, 0) is 25.4 Å². The van der Waals surface area contributed by atoms with Crippen molar-refractivity contribution in [2.24, 2.45) is 20.0 Å². The van der Waals surface area contributed by atoms with Crippen LogP contribution in [0.1, 0.15) is 18.4 Å². The third-order valence-electron chi connectivity index (χ3n) is 5.24. The summed E-state index contributed by atoms with van der Waals surface area (Å²) in [5.41, 5.74) is 0.286. The Morgan fingerprint density at radius 3 is 2.57 bits per heavy atom. The minimum absolute atomic E-state index is 0.0191. The number of hydrogen-bond acceptors (Lipinski definition) is 5. The number of carbonyl (C=O) groups is 1. The van der Waals surface area contributed by atoms with E-state index in [4.69, 9.17) is 4.74 Å². The molecule has 0 bridgehead atoms. The topological polar surface area (TPSA) is 85.6 Å². The molecule has 8 nitrogen and oxygen atoms in total. The fourth-order valence-electron chi connectivity index (χ4n) is 3.50. The van der Waals surface area contributed by atoms with Gasteiger partial charge in [0, 0.05) is 39.8 Å². The Morgan fingerprint density at radius 1 is 1.18 bits per heavy atom. The van der Waals surface area contributed by atoms with Crippen molar-refractivity contribution in [3.05, 3.63) is 56.7 Å². The lowest BCUT2D eigenvalue weighted by Gasteiger charge is -2.34. The zero-order valence-electron chi connectivity index (χ0n) is 16.5.